The standard InChI is InChI=1S/C18H13Cl2N3O2S/c1-25-12-5-2-10(3-6-12)17-21-18-23(22-17)16(24)9-15(26-18)11-4-7-13(19)14(20)8-11/h2-8,15H,9H2,1H3. The van der Waals surface area contributed by atoms with Gasteiger partial charge in [0.2, 0.25) is 0 Å². The monoisotopic (exact) mass is 405 g/mol. The molecule has 0 N–H and O–H groups in total. The molecule has 1 aliphatic rings. The number of halogens is 2. The van der Waals surface area contributed by atoms with Gasteiger partial charge in [-0.1, -0.05) is 41.0 Å². The third-order valence-electron chi connectivity index (χ3n) is 4.09. The summed E-state index contributed by atoms with van der Waals surface area (Å²) in [5.41, 5.74) is 1.77. The molecule has 26 heavy (non-hydrogen) atoms. The summed E-state index contributed by atoms with van der Waals surface area (Å²) in [5, 5.41) is 5.83. The molecule has 1 aromatic heterocycles. The van der Waals surface area contributed by atoms with Crippen molar-refractivity contribution in [3.63, 3.8) is 0 Å². The van der Waals surface area contributed by atoms with Crippen molar-refractivity contribution < 1.29 is 9.53 Å². The fourth-order valence-corrected chi connectivity index (χ4v) is 4.16. The van der Waals surface area contributed by atoms with Gasteiger partial charge in [0.25, 0.3) is 5.91 Å². The van der Waals surface area contributed by atoms with E-state index >= 15 is 0 Å². The molecule has 2 aromatic carbocycles. The Labute approximate surface area is 164 Å². The summed E-state index contributed by atoms with van der Waals surface area (Å²) < 4.78 is 6.53. The first-order chi connectivity index (χ1) is 12.5. The molecule has 1 atom stereocenters. The molecule has 0 aliphatic carbocycles. The smallest absolute Gasteiger partial charge is 0.250 e. The van der Waals surface area contributed by atoms with Crippen molar-refractivity contribution in [2.75, 3.05) is 7.11 Å². The van der Waals surface area contributed by atoms with Crippen LogP contribution in [0.25, 0.3) is 11.4 Å². The molecule has 0 saturated heterocycles. The molecule has 0 radical (unpaired) electrons. The van der Waals surface area contributed by atoms with E-state index in [4.69, 9.17) is 27.9 Å². The lowest BCUT2D eigenvalue weighted by molar-refractivity contribution is 0.0868. The normalized spacial score (nSPS) is 16.4. The third-order valence-corrected chi connectivity index (χ3v) is 6.02. The van der Waals surface area contributed by atoms with Crippen LogP contribution in [0.15, 0.2) is 47.6 Å². The number of rotatable bonds is 3. The van der Waals surface area contributed by atoms with Gasteiger partial charge in [-0.15, -0.1) is 5.10 Å². The summed E-state index contributed by atoms with van der Waals surface area (Å²) in [5.74, 6) is 1.17. The Morgan fingerprint density at radius 1 is 1.15 bits per heavy atom. The molecule has 1 unspecified atom stereocenters. The highest BCUT2D eigenvalue weighted by molar-refractivity contribution is 7.99. The number of methoxy groups -OCH3 is 1. The second-order valence-electron chi connectivity index (χ2n) is 5.74. The lowest BCUT2D eigenvalue weighted by Gasteiger charge is -2.20. The van der Waals surface area contributed by atoms with E-state index in [1.165, 1.54) is 16.4 Å². The molecule has 0 fully saturated rings. The first-order valence-electron chi connectivity index (χ1n) is 7.81. The van der Waals surface area contributed by atoms with Crippen molar-refractivity contribution in [1.82, 2.24) is 14.8 Å². The predicted octanol–water partition coefficient (Wildman–Crippen LogP) is 5.14. The predicted molar refractivity (Wildman–Crippen MR) is 102 cm³/mol. The van der Waals surface area contributed by atoms with Crippen molar-refractivity contribution in [3.8, 4) is 17.1 Å². The maximum absolute atomic E-state index is 12.5. The molecule has 0 spiro atoms. The number of benzene rings is 2. The number of hydrogen-bond donors (Lipinski definition) is 0. The van der Waals surface area contributed by atoms with Crippen LogP contribution < -0.4 is 4.74 Å². The summed E-state index contributed by atoms with van der Waals surface area (Å²) in [6, 6.07) is 12.8. The Kier molecular flexibility index (Phi) is 4.65. The van der Waals surface area contributed by atoms with Crippen molar-refractivity contribution in [3.05, 3.63) is 58.1 Å². The Bertz CT molecular complexity index is 989. The average Bonchev–Trinajstić information content (AvgIpc) is 3.09. The second kappa shape index (κ2) is 6.95. The third kappa shape index (κ3) is 3.20. The number of fused-ring (bicyclic) bond motifs is 1. The van der Waals surface area contributed by atoms with Gasteiger partial charge in [0.15, 0.2) is 11.0 Å². The van der Waals surface area contributed by atoms with E-state index < -0.39 is 0 Å². The molecule has 0 amide bonds. The van der Waals surface area contributed by atoms with Gasteiger partial charge in [-0.25, -0.2) is 4.98 Å². The van der Waals surface area contributed by atoms with E-state index in [-0.39, 0.29) is 11.2 Å². The fourth-order valence-electron chi connectivity index (χ4n) is 2.71. The van der Waals surface area contributed by atoms with E-state index in [1.54, 1.807) is 19.2 Å². The van der Waals surface area contributed by atoms with E-state index in [9.17, 15) is 4.79 Å². The van der Waals surface area contributed by atoms with Crippen LogP contribution in [0, 0.1) is 0 Å². The summed E-state index contributed by atoms with van der Waals surface area (Å²) >= 11 is 13.6. The molecule has 4 rings (SSSR count). The Balaban J connectivity index is 1.65. The topological polar surface area (TPSA) is 57.0 Å². The van der Waals surface area contributed by atoms with Gasteiger partial charge in [-0.2, -0.15) is 4.68 Å². The molecular formula is C18H13Cl2N3O2S. The minimum Gasteiger partial charge on any atom is -0.497 e. The van der Waals surface area contributed by atoms with Crippen LogP contribution in [0.3, 0.4) is 0 Å². The van der Waals surface area contributed by atoms with Gasteiger partial charge in [0.05, 0.1) is 17.2 Å². The Hall–Kier alpha value is -2.02. The number of carbonyl (C=O) groups excluding carboxylic acids is 1. The molecule has 132 valence electrons. The van der Waals surface area contributed by atoms with E-state index in [0.29, 0.717) is 27.4 Å². The maximum Gasteiger partial charge on any atom is 0.250 e. The van der Waals surface area contributed by atoms with Gasteiger partial charge in [-0.05, 0) is 42.0 Å². The van der Waals surface area contributed by atoms with Crippen LogP contribution in [0.1, 0.15) is 22.0 Å². The minimum absolute atomic E-state index is 0.0716. The number of carbonyl (C=O) groups is 1. The van der Waals surface area contributed by atoms with Crippen LogP contribution in [0.2, 0.25) is 10.0 Å². The molecular weight excluding hydrogens is 393 g/mol. The molecule has 0 bridgehead atoms. The fraction of sp³-hybridized carbons (Fsp3) is 0.167. The molecule has 3 aromatic rings. The zero-order chi connectivity index (χ0) is 18.3. The van der Waals surface area contributed by atoms with E-state index in [2.05, 4.69) is 10.1 Å². The van der Waals surface area contributed by atoms with Gasteiger partial charge >= 0.3 is 0 Å². The number of aromatic nitrogens is 3. The highest BCUT2D eigenvalue weighted by Gasteiger charge is 2.30. The number of ether oxygens (including phenoxy) is 1. The van der Waals surface area contributed by atoms with Gasteiger partial charge in [0, 0.05) is 17.2 Å². The number of thioether (sulfide) groups is 1. The first-order valence-corrected chi connectivity index (χ1v) is 9.45. The van der Waals surface area contributed by atoms with Crippen LogP contribution in [0.5, 0.6) is 5.75 Å². The zero-order valence-electron chi connectivity index (χ0n) is 13.6. The summed E-state index contributed by atoms with van der Waals surface area (Å²) in [4.78, 5) is 17.1. The minimum atomic E-state index is -0.0953. The Morgan fingerprint density at radius 2 is 1.92 bits per heavy atom. The van der Waals surface area contributed by atoms with Crippen molar-refractivity contribution in [1.29, 1.82) is 0 Å². The molecule has 8 heteroatoms. The number of nitrogens with zero attached hydrogens (tertiary/aromatic N) is 3. The van der Waals surface area contributed by atoms with Crippen LogP contribution >= 0.6 is 35.0 Å². The lowest BCUT2D eigenvalue weighted by atomic mass is 10.1. The van der Waals surface area contributed by atoms with Gasteiger partial charge < -0.3 is 4.74 Å². The zero-order valence-corrected chi connectivity index (χ0v) is 16.0. The number of hydrogen-bond acceptors (Lipinski definition) is 5. The SMILES string of the molecule is COc1ccc(-c2nc3n(n2)C(=O)CC(c2ccc(Cl)c(Cl)c2)S3)cc1. The van der Waals surface area contributed by atoms with Gasteiger partial charge in [-0.3, -0.25) is 4.79 Å². The maximum atomic E-state index is 12.5. The second-order valence-corrected chi connectivity index (χ2v) is 7.72. The largest absolute Gasteiger partial charge is 0.497 e. The average molecular weight is 406 g/mol. The molecule has 5 nitrogen and oxygen atoms in total. The summed E-state index contributed by atoms with van der Waals surface area (Å²) in [6.45, 7) is 0. The first kappa shape index (κ1) is 17.4. The summed E-state index contributed by atoms with van der Waals surface area (Å²) in [6.07, 6.45) is 0.320. The van der Waals surface area contributed by atoms with Crippen molar-refractivity contribution >= 4 is 40.9 Å². The molecule has 2 heterocycles. The lowest BCUT2D eigenvalue weighted by Crippen LogP contribution is -2.20. The van der Waals surface area contributed by atoms with Crippen molar-refractivity contribution in [2.24, 2.45) is 0 Å². The van der Waals surface area contributed by atoms with Gasteiger partial charge in [0.1, 0.15) is 5.75 Å². The highest BCUT2D eigenvalue weighted by atomic mass is 35.5. The summed E-state index contributed by atoms with van der Waals surface area (Å²) in [7, 11) is 1.61. The van der Waals surface area contributed by atoms with E-state index in [0.717, 1.165) is 16.9 Å². The van der Waals surface area contributed by atoms with Crippen molar-refractivity contribution in [2.45, 2.75) is 16.8 Å². The molecule has 1 aliphatic heterocycles. The van der Waals surface area contributed by atoms with Crippen LogP contribution in [-0.2, 0) is 0 Å². The van der Waals surface area contributed by atoms with E-state index in [1.807, 2.05) is 30.3 Å². The quantitative estimate of drug-likeness (QED) is 0.603. The van der Waals surface area contributed by atoms with Crippen LogP contribution in [-0.4, -0.2) is 27.8 Å². The molecule has 0 saturated carbocycles. The van der Waals surface area contributed by atoms with Crippen LogP contribution in [0.4, 0.5) is 0 Å². The highest BCUT2D eigenvalue weighted by Crippen LogP contribution is 2.42. The Morgan fingerprint density at radius 3 is 2.62 bits per heavy atom.